The van der Waals surface area contributed by atoms with Gasteiger partial charge in [-0.3, -0.25) is 0 Å². The van der Waals surface area contributed by atoms with E-state index in [9.17, 15) is 8.42 Å². The molecule has 2 rings (SSSR count). The predicted molar refractivity (Wildman–Crippen MR) is 83.0 cm³/mol. The van der Waals surface area contributed by atoms with Crippen LogP contribution in [0.5, 0.6) is 5.75 Å². The number of nitrogens with one attached hydrogen (secondary N) is 1. The lowest BCUT2D eigenvalue weighted by Gasteiger charge is -2.30. The normalized spacial score (nSPS) is 18.9. The summed E-state index contributed by atoms with van der Waals surface area (Å²) < 4.78 is 32.6. The fourth-order valence-electron chi connectivity index (χ4n) is 2.90. The maximum atomic E-state index is 12.9. The lowest BCUT2D eigenvalue weighted by Crippen LogP contribution is -2.42. The summed E-state index contributed by atoms with van der Waals surface area (Å²) in [5.74, 6) is 0.698. The van der Waals surface area contributed by atoms with Gasteiger partial charge >= 0.3 is 0 Å². The summed E-state index contributed by atoms with van der Waals surface area (Å²) in [7, 11) is -0.0490. The zero-order valence-corrected chi connectivity index (χ0v) is 14.0. The summed E-state index contributed by atoms with van der Waals surface area (Å²) in [6.07, 6.45) is 1.80. The molecule has 0 aromatic heterocycles. The monoisotopic (exact) mass is 312 g/mol. The van der Waals surface area contributed by atoms with Gasteiger partial charge in [0.25, 0.3) is 0 Å². The molecular formula is C15H24N2O3S. The Kier molecular flexibility index (Phi) is 4.60. The number of nitrogens with zero attached hydrogens (tertiary/aromatic N) is 1. The van der Waals surface area contributed by atoms with Gasteiger partial charge in [0.2, 0.25) is 10.0 Å². The Morgan fingerprint density at radius 2 is 2.10 bits per heavy atom. The van der Waals surface area contributed by atoms with Crippen LogP contribution in [-0.4, -0.2) is 39.0 Å². The lowest BCUT2D eigenvalue weighted by atomic mass is 10.0. The van der Waals surface area contributed by atoms with Gasteiger partial charge in [-0.2, -0.15) is 4.31 Å². The van der Waals surface area contributed by atoms with E-state index in [0.717, 1.165) is 18.4 Å². The second kappa shape index (κ2) is 5.94. The molecule has 0 saturated carbocycles. The molecule has 1 heterocycles. The van der Waals surface area contributed by atoms with Crippen molar-refractivity contribution in [2.75, 3.05) is 20.7 Å². The third kappa shape index (κ3) is 3.07. The molecule has 0 atom stereocenters. The maximum Gasteiger partial charge on any atom is 0.243 e. The number of sulfonamides is 1. The van der Waals surface area contributed by atoms with Gasteiger partial charge in [0.05, 0.1) is 12.0 Å². The van der Waals surface area contributed by atoms with Gasteiger partial charge in [0.15, 0.2) is 0 Å². The SMILES string of the molecule is CNCc1cc(S(=O)(=O)N2CCCC2(C)C)ccc1OC. The van der Waals surface area contributed by atoms with E-state index in [2.05, 4.69) is 5.32 Å². The Labute approximate surface area is 127 Å². The number of ether oxygens (including phenoxy) is 1. The van der Waals surface area contributed by atoms with Crippen molar-refractivity contribution in [2.24, 2.45) is 0 Å². The minimum atomic E-state index is -3.46. The first-order chi connectivity index (χ1) is 9.82. The first-order valence-electron chi connectivity index (χ1n) is 7.17. The summed E-state index contributed by atoms with van der Waals surface area (Å²) in [4.78, 5) is 0.337. The number of benzene rings is 1. The van der Waals surface area contributed by atoms with Crippen molar-refractivity contribution in [3.8, 4) is 5.75 Å². The molecule has 0 bridgehead atoms. The molecular weight excluding hydrogens is 288 g/mol. The molecule has 1 N–H and O–H groups in total. The summed E-state index contributed by atoms with van der Waals surface area (Å²) in [6.45, 7) is 5.11. The second-order valence-corrected chi connectivity index (χ2v) is 7.86. The third-order valence-corrected chi connectivity index (χ3v) is 6.14. The summed E-state index contributed by atoms with van der Waals surface area (Å²) in [6, 6.07) is 5.06. The van der Waals surface area contributed by atoms with Gasteiger partial charge in [-0.15, -0.1) is 0 Å². The van der Waals surface area contributed by atoms with Crippen LogP contribution in [0.25, 0.3) is 0 Å². The van der Waals surface area contributed by atoms with Gasteiger partial charge in [0.1, 0.15) is 5.75 Å². The highest BCUT2D eigenvalue weighted by Gasteiger charge is 2.40. The molecule has 0 spiro atoms. The van der Waals surface area contributed by atoms with Gasteiger partial charge in [0, 0.05) is 24.2 Å². The van der Waals surface area contributed by atoms with Gasteiger partial charge in [-0.05, 0) is 51.9 Å². The van der Waals surface area contributed by atoms with Crippen molar-refractivity contribution >= 4 is 10.0 Å². The summed E-state index contributed by atoms with van der Waals surface area (Å²) >= 11 is 0. The van der Waals surface area contributed by atoms with E-state index in [1.807, 2.05) is 20.9 Å². The van der Waals surface area contributed by atoms with Crippen LogP contribution in [-0.2, 0) is 16.6 Å². The van der Waals surface area contributed by atoms with Gasteiger partial charge < -0.3 is 10.1 Å². The Morgan fingerprint density at radius 1 is 1.38 bits per heavy atom. The molecule has 1 aliphatic rings. The smallest absolute Gasteiger partial charge is 0.243 e. The lowest BCUT2D eigenvalue weighted by molar-refractivity contribution is 0.291. The van der Waals surface area contributed by atoms with Gasteiger partial charge in [-0.25, -0.2) is 8.42 Å². The van der Waals surface area contributed by atoms with E-state index in [1.165, 1.54) is 0 Å². The van der Waals surface area contributed by atoms with Crippen LogP contribution < -0.4 is 10.1 Å². The Morgan fingerprint density at radius 3 is 2.62 bits per heavy atom. The Bertz CT molecular complexity index is 611. The van der Waals surface area contributed by atoms with E-state index >= 15 is 0 Å². The van der Waals surface area contributed by atoms with E-state index < -0.39 is 10.0 Å². The minimum Gasteiger partial charge on any atom is -0.496 e. The molecule has 0 unspecified atom stereocenters. The Hall–Kier alpha value is -1.11. The number of hydrogen-bond acceptors (Lipinski definition) is 4. The van der Waals surface area contributed by atoms with E-state index in [-0.39, 0.29) is 5.54 Å². The first kappa shape index (κ1) is 16.3. The molecule has 1 aromatic rings. The highest BCUT2D eigenvalue weighted by Crippen LogP contribution is 2.35. The average Bonchev–Trinajstić information content (AvgIpc) is 2.79. The molecule has 6 heteroatoms. The maximum absolute atomic E-state index is 12.9. The van der Waals surface area contributed by atoms with Crippen LogP contribution in [0.3, 0.4) is 0 Å². The second-order valence-electron chi connectivity index (χ2n) is 6.00. The van der Waals surface area contributed by atoms with Crippen molar-refractivity contribution in [1.29, 1.82) is 0 Å². The summed E-state index contributed by atoms with van der Waals surface area (Å²) in [5, 5.41) is 3.03. The third-order valence-electron chi connectivity index (χ3n) is 4.03. The molecule has 1 saturated heterocycles. The number of rotatable bonds is 5. The summed E-state index contributed by atoms with van der Waals surface area (Å²) in [5.41, 5.74) is 0.528. The molecule has 0 aliphatic carbocycles. The molecule has 0 amide bonds. The molecule has 21 heavy (non-hydrogen) atoms. The molecule has 1 aromatic carbocycles. The van der Waals surface area contributed by atoms with E-state index in [0.29, 0.717) is 23.7 Å². The molecule has 1 fully saturated rings. The van der Waals surface area contributed by atoms with Crippen molar-refractivity contribution < 1.29 is 13.2 Å². The standard InChI is InChI=1S/C15H24N2O3S/c1-15(2)8-5-9-17(15)21(18,19)13-6-7-14(20-4)12(10-13)11-16-3/h6-7,10,16H,5,8-9,11H2,1-4H3. The van der Waals surface area contributed by atoms with Crippen LogP contribution in [0.4, 0.5) is 0 Å². The van der Waals surface area contributed by atoms with Crippen LogP contribution >= 0.6 is 0 Å². The van der Waals surface area contributed by atoms with Crippen molar-refractivity contribution in [3.63, 3.8) is 0 Å². The van der Waals surface area contributed by atoms with Gasteiger partial charge in [-0.1, -0.05) is 0 Å². The zero-order valence-electron chi connectivity index (χ0n) is 13.1. The first-order valence-corrected chi connectivity index (χ1v) is 8.61. The Balaban J connectivity index is 2.43. The fourth-order valence-corrected chi connectivity index (χ4v) is 4.80. The van der Waals surface area contributed by atoms with Crippen molar-refractivity contribution in [2.45, 2.75) is 43.7 Å². The largest absolute Gasteiger partial charge is 0.496 e. The molecule has 0 radical (unpaired) electrons. The zero-order chi connectivity index (χ0) is 15.7. The van der Waals surface area contributed by atoms with Crippen LogP contribution in [0.15, 0.2) is 23.1 Å². The van der Waals surface area contributed by atoms with Crippen LogP contribution in [0, 0.1) is 0 Å². The number of hydrogen-bond donors (Lipinski definition) is 1. The quantitative estimate of drug-likeness (QED) is 0.903. The highest BCUT2D eigenvalue weighted by molar-refractivity contribution is 7.89. The molecule has 118 valence electrons. The van der Waals surface area contributed by atoms with Crippen LogP contribution in [0.1, 0.15) is 32.3 Å². The average molecular weight is 312 g/mol. The number of methoxy groups -OCH3 is 1. The van der Waals surface area contributed by atoms with Crippen LogP contribution in [0.2, 0.25) is 0 Å². The van der Waals surface area contributed by atoms with E-state index in [1.54, 1.807) is 29.6 Å². The molecule has 5 nitrogen and oxygen atoms in total. The fraction of sp³-hybridized carbons (Fsp3) is 0.600. The van der Waals surface area contributed by atoms with E-state index in [4.69, 9.17) is 4.74 Å². The topological polar surface area (TPSA) is 58.6 Å². The molecule has 1 aliphatic heterocycles. The highest BCUT2D eigenvalue weighted by atomic mass is 32.2. The predicted octanol–water partition coefficient (Wildman–Crippen LogP) is 1.98. The van der Waals surface area contributed by atoms with Crippen molar-refractivity contribution in [3.05, 3.63) is 23.8 Å². The van der Waals surface area contributed by atoms with Crippen molar-refractivity contribution in [1.82, 2.24) is 9.62 Å². The minimum absolute atomic E-state index is 0.318.